The Bertz CT molecular complexity index is 353. The van der Waals surface area contributed by atoms with Gasteiger partial charge in [-0.15, -0.1) is 0 Å². The molecule has 0 bridgehead atoms. The van der Waals surface area contributed by atoms with E-state index in [0.29, 0.717) is 0 Å². The van der Waals surface area contributed by atoms with Gasteiger partial charge < -0.3 is 5.32 Å². The molecule has 1 aromatic rings. The molecule has 3 heteroatoms. The summed E-state index contributed by atoms with van der Waals surface area (Å²) in [5.41, 5.74) is 1.34. The van der Waals surface area contributed by atoms with Crippen LogP contribution in [0.25, 0.3) is 0 Å². The van der Waals surface area contributed by atoms with Crippen molar-refractivity contribution in [2.75, 3.05) is 26.2 Å². The maximum atomic E-state index is 12.9. The summed E-state index contributed by atoms with van der Waals surface area (Å²) in [7, 11) is 0. The number of halogens is 1. The SMILES string of the molecule is CC(C)(Cc1ccc(F)cc1)N1CCNCC1. The van der Waals surface area contributed by atoms with E-state index in [0.717, 1.165) is 32.6 Å². The van der Waals surface area contributed by atoms with E-state index in [1.807, 2.05) is 12.1 Å². The van der Waals surface area contributed by atoms with Crippen LogP contribution >= 0.6 is 0 Å². The summed E-state index contributed by atoms with van der Waals surface area (Å²) >= 11 is 0. The molecule has 1 N–H and O–H groups in total. The zero-order chi connectivity index (χ0) is 12.3. The van der Waals surface area contributed by atoms with E-state index in [-0.39, 0.29) is 11.4 Å². The van der Waals surface area contributed by atoms with Crippen LogP contribution in [-0.4, -0.2) is 36.6 Å². The van der Waals surface area contributed by atoms with Gasteiger partial charge in [0, 0.05) is 31.7 Å². The fourth-order valence-electron chi connectivity index (χ4n) is 2.48. The van der Waals surface area contributed by atoms with Gasteiger partial charge in [0.05, 0.1) is 0 Å². The summed E-state index contributed by atoms with van der Waals surface area (Å²) < 4.78 is 12.9. The minimum absolute atomic E-state index is 0.139. The molecule has 0 amide bonds. The summed E-state index contributed by atoms with van der Waals surface area (Å²) in [5.74, 6) is -0.159. The topological polar surface area (TPSA) is 15.3 Å². The maximum absolute atomic E-state index is 12.9. The molecule has 0 aromatic heterocycles. The highest BCUT2D eigenvalue weighted by Crippen LogP contribution is 2.21. The van der Waals surface area contributed by atoms with Gasteiger partial charge in [-0.3, -0.25) is 4.90 Å². The Balaban J connectivity index is 2.02. The van der Waals surface area contributed by atoms with Gasteiger partial charge in [0.25, 0.3) is 0 Å². The summed E-state index contributed by atoms with van der Waals surface area (Å²) in [6.07, 6.45) is 0.966. The van der Waals surface area contributed by atoms with Crippen molar-refractivity contribution in [3.05, 3.63) is 35.6 Å². The van der Waals surface area contributed by atoms with Crippen LogP contribution in [0.15, 0.2) is 24.3 Å². The number of hydrogen-bond acceptors (Lipinski definition) is 2. The summed E-state index contributed by atoms with van der Waals surface area (Å²) in [6.45, 7) is 8.84. The molecular weight excluding hydrogens is 215 g/mol. The lowest BCUT2D eigenvalue weighted by atomic mass is 9.92. The highest BCUT2D eigenvalue weighted by Gasteiger charge is 2.27. The van der Waals surface area contributed by atoms with Crippen LogP contribution in [0.1, 0.15) is 19.4 Å². The lowest BCUT2D eigenvalue weighted by molar-refractivity contribution is 0.103. The molecule has 0 unspecified atom stereocenters. The van der Waals surface area contributed by atoms with Gasteiger partial charge >= 0.3 is 0 Å². The van der Waals surface area contributed by atoms with Crippen molar-refractivity contribution in [3.63, 3.8) is 0 Å². The third-order valence-electron chi connectivity index (χ3n) is 3.52. The fraction of sp³-hybridized carbons (Fsp3) is 0.571. The average Bonchev–Trinajstić information content (AvgIpc) is 2.33. The Morgan fingerprint density at radius 3 is 2.35 bits per heavy atom. The molecule has 1 aliphatic heterocycles. The van der Waals surface area contributed by atoms with Crippen LogP contribution in [0, 0.1) is 5.82 Å². The van der Waals surface area contributed by atoms with Crippen LogP contribution in [0.4, 0.5) is 4.39 Å². The quantitative estimate of drug-likeness (QED) is 0.864. The molecule has 1 aromatic carbocycles. The van der Waals surface area contributed by atoms with E-state index in [1.165, 1.54) is 5.56 Å². The van der Waals surface area contributed by atoms with E-state index < -0.39 is 0 Å². The predicted octanol–water partition coefficient (Wildman–Crippen LogP) is 2.05. The Morgan fingerprint density at radius 2 is 1.76 bits per heavy atom. The highest BCUT2D eigenvalue weighted by molar-refractivity contribution is 5.18. The van der Waals surface area contributed by atoms with E-state index in [4.69, 9.17) is 0 Å². The molecule has 0 saturated carbocycles. The highest BCUT2D eigenvalue weighted by atomic mass is 19.1. The largest absolute Gasteiger partial charge is 0.314 e. The van der Waals surface area contributed by atoms with Gasteiger partial charge in [-0.2, -0.15) is 0 Å². The lowest BCUT2D eigenvalue weighted by Gasteiger charge is -2.41. The lowest BCUT2D eigenvalue weighted by Crippen LogP contribution is -2.54. The third kappa shape index (κ3) is 3.27. The number of nitrogens with zero attached hydrogens (tertiary/aromatic N) is 1. The monoisotopic (exact) mass is 236 g/mol. The van der Waals surface area contributed by atoms with Crippen molar-refractivity contribution in [1.82, 2.24) is 10.2 Å². The van der Waals surface area contributed by atoms with Gasteiger partial charge in [-0.25, -0.2) is 4.39 Å². The van der Waals surface area contributed by atoms with E-state index in [1.54, 1.807) is 12.1 Å². The van der Waals surface area contributed by atoms with Crippen molar-refractivity contribution in [2.24, 2.45) is 0 Å². The van der Waals surface area contributed by atoms with E-state index in [9.17, 15) is 4.39 Å². The molecule has 2 rings (SSSR count). The predicted molar refractivity (Wildman–Crippen MR) is 68.6 cm³/mol. The van der Waals surface area contributed by atoms with Gasteiger partial charge in [0.15, 0.2) is 0 Å². The molecule has 1 aliphatic rings. The first kappa shape index (κ1) is 12.5. The van der Waals surface area contributed by atoms with Crippen molar-refractivity contribution >= 4 is 0 Å². The first-order chi connectivity index (χ1) is 8.08. The number of hydrogen-bond donors (Lipinski definition) is 1. The Labute approximate surface area is 103 Å². The average molecular weight is 236 g/mol. The van der Waals surface area contributed by atoms with Gasteiger partial charge in [0.1, 0.15) is 5.82 Å². The van der Waals surface area contributed by atoms with Crippen LogP contribution in [-0.2, 0) is 6.42 Å². The van der Waals surface area contributed by atoms with Crippen molar-refractivity contribution in [3.8, 4) is 0 Å². The second kappa shape index (κ2) is 5.15. The minimum atomic E-state index is -0.159. The third-order valence-corrected chi connectivity index (χ3v) is 3.52. The van der Waals surface area contributed by atoms with Crippen molar-refractivity contribution in [2.45, 2.75) is 25.8 Å². The van der Waals surface area contributed by atoms with Crippen LogP contribution in [0.2, 0.25) is 0 Å². The number of piperazine rings is 1. The fourth-order valence-corrected chi connectivity index (χ4v) is 2.48. The molecule has 0 aliphatic carbocycles. The summed E-state index contributed by atoms with van der Waals surface area (Å²) in [4.78, 5) is 2.51. The van der Waals surface area contributed by atoms with Crippen LogP contribution in [0.5, 0.6) is 0 Å². The Morgan fingerprint density at radius 1 is 1.18 bits per heavy atom. The molecule has 17 heavy (non-hydrogen) atoms. The number of benzene rings is 1. The van der Waals surface area contributed by atoms with Gasteiger partial charge in [-0.05, 0) is 38.0 Å². The molecule has 2 nitrogen and oxygen atoms in total. The zero-order valence-electron chi connectivity index (χ0n) is 10.7. The Kier molecular flexibility index (Phi) is 3.79. The molecule has 0 atom stereocenters. The summed E-state index contributed by atoms with van der Waals surface area (Å²) in [5, 5.41) is 3.37. The number of rotatable bonds is 3. The van der Waals surface area contributed by atoms with Gasteiger partial charge in [0.2, 0.25) is 0 Å². The van der Waals surface area contributed by atoms with Crippen molar-refractivity contribution < 1.29 is 4.39 Å². The van der Waals surface area contributed by atoms with Crippen molar-refractivity contribution in [1.29, 1.82) is 0 Å². The molecular formula is C14H21FN2. The molecule has 1 saturated heterocycles. The smallest absolute Gasteiger partial charge is 0.123 e. The molecule has 94 valence electrons. The summed E-state index contributed by atoms with van der Waals surface area (Å²) in [6, 6.07) is 6.87. The Hall–Kier alpha value is -0.930. The molecule has 0 radical (unpaired) electrons. The zero-order valence-corrected chi connectivity index (χ0v) is 10.7. The number of nitrogens with one attached hydrogen (secondary N) is 1. The molecule has 1 heterocycles. The van der Waals surface area contributed by atoms with E-state index in [2.05, 4.69) is 24.1 Å². The van der Waals surface area contributed by atoms with Crippen LogP contribution < -0.4 is 5.32 Å². The molecule has 1 fully saturated rings. The van der Waals surface area contributed by atoms with E-state index >= 15 is 0 Å². The second-order valence-electron chi connectivity index (χ2n) is 5.35. The first-order valence-corrected chi connectivity index (χ1v) is 6.28. The standard InChI is InChI=1S/C14H21FN2/c1-14(2,17-9-7-16-8-10-17)11-12-3-5-13(15)6-4-12/h3-6,16H,7-11H2,1-2H3. The normalized spacial score (nSPS) is 18.3. The van der Waals surface area contributed by atoms with Gasteiger partial charge in [-0.1, -0.05) is 12.1 Å². The minimum Gasteiger partial charge on any atom is -0.314 e. The second-order valence-corrected chi connectivity index (χ2v) is 5.35. The van der Waals surface area contributed by atoms with Crippen LogP contribution in [0.3, 0.4) is 0 Å². The first-order valence-electron chi connectivity index (χ1n) is 6.28. The molecule has 0 spiro atoms. The maximum Gasteiger partial charge on any atom is 0.123 e.